The van der Waals surface area contributed by atoms with Gasteiger partial charge in [-0.2, -0.15) is 0 Å². The lowest BCUT2D eigenvalue weighted by Gasteiger charge is -1.83. The molecule has 0 aliphatic carbocycles. The van der Waals surface area contributed by atoms with Gasteiger partial charge in [-0.05, 0) is 12.1 Å². The molecule has 10 heavy (non-hydrogen) atoms. The van der Waals surface area contributed by atoms with Crippen LogP contribution in [0, 0.1) is 6.26 Å². The van der Waals surface area contributed by atoms with E-state index in [1.165, 1.54) is 0 Å². The molecule has 0 aliphatic rings. The molecule has 2 nitrogen and oxygen atoms in total. The number of furan rings is 1. The van der Waals surface area contributed by atoms with Crippen molar-refractivity contribution in [3.05, 3.63) is 37.1 Å². The molecular formula is C8H6NO. The van der Waals surface area contributed by atoms with E-state index in [0.29, 0.717) is 0 Å². The van der Waals surface area contributed by atoms with Crippen LogP contribution >= 0.6 is 0 Å². The fraction of sp³-hybridized carbons (Fsp3) is 0. The molecule has 2 heteroatoms. The zero-order valence-corrected chi connectivity index (χ0v) is 5.29. The third-order valence-electron chi connectivity index (χ3n) is 1.38. The molecule has 0 aliphatic heterocycles. The van der Waals surface area contributed by atoms with E-state index in [-0.39, 0.29) is 0 Å². The summed E-state index contributed by atoms with van der Waals surface area (Å²) in [6, 6.07) is 3.85. The third-order valence-corrected chi connectivity index (χ3v) is 1.38. The van der Waals surface area contributed by atoms with Crippen molar-refractivity contribution >= 4 is 0 Å². The smallest absolute Gasteiger partial charge is 0.177 e. The highest BCUT2D eigenvalue weighted by atomic mass is 16.3. The van der Waals surface area contributed by atoms with E-state index in [4.69, 9.17) is 4.42 Å². The van der Waals surface area contributed by atoms with E-state index >= 15 is 0 Å². The number of nitrogens with one attached hydrogen (secondary N) is 1. The van der Waals surface area contributed by atoms with Crippen LogP contribution in [0.3, 0.4) is 0 Å². The Hall–Kier alpha value is -1.44. The minimum Gasteiger partial charge on any atom is -0.460 e. The van der Waals surface area contributed by atoms with Gasteiger partial charge in [0.2, 0.25) is 0 Å². The lowest BCUT2D eigenvalue weighted by molar-refractivity contribution is 0.559. The Morgan fingerprint density at radius 3 is 3.00 bits per heavy atom. The zero-order chi connectivity index (χ0) is 6.81. The number of H-pyrrole nitrogens is 1. The van der Waals surface area contributed by atoms with Gasteiger partial charge in [-0.3, -0.25) is 0 Å². The van der Waals surface area contributed by atoms with Crippen molar-refractivity contribution in [2.45, 2.75) is 0 Å². The third kappa shape index (κ3) is 0.739. The van der Waals surface area contributed by atoms with E-state index in [2.05, 4.69) is 11.2 Å². The highest BCUT2D eigenvalue weighted by Crippen LogP contribution is 2.16. The number of aromatic amines is 1. The average Bonchev–Trinajstić information content (AvgIpc) is 2.59. The fourth-order valence-electron chi connectivity index (χ4n) is 0.880. The molecule has 0 amide bonds. The number of hydrogen-bond acceptors (Lipinski definition) is 1. The number of aromatic nitrogens is 1. The molecule has 1 radical (unpaired) electrons. The molecule has 0 saturated heterocycles. The minimum atomic E-state index is 0.987. The van der Waals surface area contributed by atoms with Crippen LogP contribution in [0.25, 0.3) is 11.1 Å². The van der Waals surface area contributed by atoms with Crippen LogP contribution in [-0.4, -0.2) is 4.98 Å². The number of hydrogen-bond donors (Lipinski definition) is 1. The Labute approximate surface area is 58.5 Å². The van der Waals surface area contributed by atoms with Gasteiger partial charge in [-0.25, -0.2) is 0 Å². The zero-order valence-electron chi connectivity index (χ0n) is 5.29. The molecule has 0 fully saturated rings. The van der Waals surface area contributed by atoms with Gasteiger partial charge in [-0.1, -0.05) is 0 Å². The highest BCUT2D eigenvalue weighted by Gasteiger charge is 1.97. The normalized spacial score (nSPS) is 10.0. The molecule has 0 atom stereocenters. The van der Waals surface area contributed by atoms with E-state index in [9.17, 15) is 0 Å². The quantitative estimate of drug-likeness (QED) is 0.632. The molecule has 49 valence electrons. The molecule has 0 saturated carbocycles. The monoisotopic (exact) mass is 132 g/mol. The molecule has 2 rings (SSSR count). The first-order valence-corrected chi connectivity index (χ1v) is 3.05. The van der Waals surface area contributed by atoms with Crippen LogP contribution in [0.1, 0.15) is 0 Å². The standard InChI is InChI=1S/C8H6NO/c1-3-9-5-7(1)8-2-4-10-6-8/h1-5,9H. The molecule has 2 heterocycles. The van der Waals surface area contributed by atoms with Crippen molar-refractivity contribution in [3.63, 3.8) is 0 Å². The van der Waals surface area contributed by atoms with Crippen LogP contribution in [-0.2, 0) is 0 Å². The van der Waals surface area contributed by atoms with Crippen molar-refractivity contribution in [2.24, 2.45) is 0 Å². The first-order chi connectivity index (χ1) is 4.97. The maximum absolute atomic E-state index is 4.80. The SMILES string of the molecule is [c]1occc1-c1cc[nH]c1. The van der Waals surface area contributed by atoms with Crippen molar-refractivity contribution in [1.29, 1.82) is 0 Å². The lowest BCUT2D eigenvalue weighted by atomic mass is 10.2. The first kappa shape index (κ1) is 5.35. The molecular weight excluding hydrogens is 126 g/mol. The summed E-state index contributed by atoms with van der Waals surface area (Å²) < 4.78 is 4.80. The summed E-state index contributed by atoms with van der Waals surface area (Å²) in [4.78, 5) is 2.96. The second kappa shape index (κ2) is 2.06. The van der Waals surface area contributed by atoms with Gasteiger partial charge in [0.1, 0.15) is 0 Å². The number of rotatable bonds is 1. The van der Waals surface area contributed by atoms with Crippen LogP contribution in [0.2, 0.25) is 0 Å². The molecule has 2 aromatic heterocycles. The summed E-state index contributed by atoms with van der Waals surface area (Å²) in [5.74, 6) is 0. The fourth-order valence-corrected chi connectivity index (χ4v) is 0.880. The molecule has 1 N–H and O–H groups in total. The summed E-state index contributed by atoms with van der Waals surface area (Å²) in [7, 11) is 0. The topological polar surface area (TPSA) is 28.9 Å². The molecule has 0 unspecified atom stereocenters. The van der Waals surface area contributed by atoms with Gasteiger partial charge in [0.15, 0.2) is 6.26 Å². The summed E-state index contributed by atoms with van der Waals surface area (Å²) in [6.07, 6.45) is 8.13. The molecule has 0 spiro atoms. The van der Waals surface area contributed by atoms with Crippen molar-refractivity contribution < 1.29 is 4.42 Å². The minimum absolute atomic E-state index is 0.987. The molecule has 0 aromatic carbocycles. The van der Waals surface area contributed by atoms with E-state index in [1.807, 2.05) is 24.5 Å². The summed E-state index contributed by atoms with van der Waals surface area (Å²) in [5, 5.41) is 0. The molecule has 0 bridgehead atoms. The Morgan fingerprint density at radius 1 is 1.40 bits per heavy atom. The van der Waals surface area contributed by atoms with Gasteiger partial charge in [0.25, 0.3) is 0 Å². The Bertz CT molecular complexity index is 249. The predicted octanol–water partition coefficient (Wildman–Crippen LogP) is 2.07. The van der Waals surface area contributed by atoms with Crippen molar-refractivity contribution in [1.82, 2.24) is 4.98 Å². The van der Waals surface area contributed by atoms with Crippen molar-refractivity contribution in [3.8, 4) is 11.1 Å². The van der Waals surface area contributed by atoms with E-state index < -0.39 is 0 Å². The summed E-state index contributed by atoms with van der Waals surface area (Å²) in [6.45, 7) is 0. The van der Waals surface area contributed by atoms with Gasteiger partial charge in [-0.15, -0.1) is 0 Å². The Kier molecular flexibility index (Phi) is 1.10. The van der Waals surface area contributed by atoms with Gasteiger partial charge >= 0.3 is 0 Å². The van der Waals surface area contributed by atoms with Crippen LogP contribution in [0.4, 0.5) is 0 Å². The van der Waals surface area contributed by atoms with Crippen LogP contribution in [0.15, 0.2) is 35.2 Å². The first-order valence-electron chi connectivity index (χ1n) is 3.05. The van der Waals surface area contributed by atoms with E-state index in [1.54, 1.807) is 6.26 Å². The van der Waals surface area contributed by atoms with Gasteiger partial charge < -0.3 is 9.40 Å². The second-order valence-corrected chi connectivity index (χ2v) is 2.04. The maximum Gasteiger partial charge on any atom is 0.177 e. The van der Waals surface area contributed by atoms with Crippen LogP contribution in [0.5, 0.6) is 0 Å². The Morgan fingerprint density at radius 2 is 2.40 bits per heavy atom. The highest BCUT2D eigenvalue weighted by molar-refractivity contribution is 5.60. The largest absolute Gasteiger partial charge is 0.460 e. The second-order valence-electron chi connectivity index (χ2n) is 2.04. The predicted molar refractivity (Wildman–Crippen MR) is 37.3 cm³/mol. The van der Waals surface area contributed by atoms with Gasteiger partial charge in [0.05, 0.1) is 6.26 Å². The van der Waals surface area contributed by atoms with Crippen LogP contribution < -0.4 is 0 Å². The maximum atomic E-state index is 4.80. The molecule has 2 aromatic rings. The summed E-state index contributed by atoms with van der Waals surface area (Å²) >= 11 is 0. The van der Waals surface area contributed by atoms with E-state index in [0.717, 1.165) is 11.1 Å². The van der Waals surface area contributed by atoms with Crippen molar-refractivity contribution in [2.75, 3.05) is 0 Å². The Balaban J connectivity index is 2.48. The average molecular weight is 132 g/mol. The van der Waals surface area contributed by atoms with Gasteiger partial charge in [0, 0.05) is 23.5 Å². The summed E-state index contributed by atoms with van der Waals surface area (Å²) in [5.41, 5.74) is 2.09. The lowest BCUT2D eigenvalue weighted by Crippen LogP contribution is -1.63.